The fourth-order valence-electron chi connectivity index (χ4n) is 2.88. The number of carbonyl (C=O) groups is 1. The van der Waals surface area contributed by atoms with E-state index in [1.165, 1.54) is 18.0 Å². The van der Waals surface area contributed by atoms with Crippen LogP contribution in [-0.4, -0.2) is 19.5 Å². The lowest BCUT2D eigenvalue weighted by Crippen LogP contribution is -2.15. The Bertz CT molecular complexity index is 1150. The number of sulfonamides is 1. The first-order chi connectivity index (χ1) is 14.2. The molecule has 2 N–H and O–H groups in total. The number of furan rings is 1. The zero-order valence-corrected chi connectivity index (χ0v) is 18.5. The van der Waals surface area contributed by atoms with E-state index < -0.39 is 16.0 Å². The minimum absolute atomic E-state index is 0.0102. The lowest BCUT2D eigenvalue weighted by molar-refractivity contribution is 0.0697. The smallest absolute Gasteiger partial charge is 0.335 e. The molecule has 1 aromatic heterocycles. The Morgan fingerprint density at radius 3 is 2.47 bits per heavy atom. The fraction of sp³-hybridized carbons (Fsp3) is 0.227. The first-order valence-corrected chi connectivity index (χ1v) is 11.8. The van der Waals surface area contributed by atoms with Gasteiger partial charge in [0.1, 0.15) is 0 Å². The van der Waals surface area contributed by atoms with Gasteiger partial charge in [0, 0.05) is 16.2 Å². The van der Waals surface area contributed by atoms with Gasteiger partial charge in [0.05, 0.1) is 17.5 Å². The Labute approximate surface area is 180 Å². The van der Waals surface area contributed by atoms with Crippen LogP contribution in [0.1, 0.15) is 46.8 Å². The molecule has 0 aliphatic carbocycles. The third-order valence-corrected chi connectivity index (χ3v) is 6.94. The first-order valence-electron chi connectivity index (χ1n) is 9.33. The number of carboxylic acids is 1. The molecule has 1 heterocycles. The van der Waals surface area contributed by atoms with Crippen LogP contribution in [0.2, 0.25) is 0 Å². The van der Waals surface area contributed by atoms with Gasteiger partial charge in [0.25, 0.3) is 10.0 Å². The van der Waals surface area contributed by atoms with E-state index in [2.05, 4.69) is 4.72 Å². The van der Waals surface area contributed by atoms with Crippen LogP contribution in [0.5, 0.6) is 0 Å². The van der Waals surface area contributed by atoms with Gasteiger partial charge in [-0.25, -0.2) is 4.79 Å². The largest absolute Gasteiger partial charge is 0.478 e. The lowest BCUT2D eigenvalue weighted by Gasteiger charge is -2.14. The molecule has 158 valence electrons. The number of aryl methyl sites for hydroxylation is 1. The van der Waals surface area contributed by atoms with E-state index in [-0.39, 0.29) is 16.6 Å². The van der Waals surface area contributed by atoms with Crippen LogP contribution >= 0.6 is 11.8 Å². The van der Waals surface area contributed by atoms with E-state index in [0.29, 0.717) is 17.0 Å². The van der Waals surface area contributed by atoms with Crippen molar-refractivity contribution in [2.24, 2.45) is 0 Å². The standard InChI is InChI=1S/C22H23NO5S2/c1-14(2)18-10-11-28-22(18)30(26,27)23-19-9-4-15(3)12-20(19)29-13-16-5-7-17(8-6-16)21(24)25/h4-12,14,23H,13H2,1-3H3,(H,24,25). The van der Waals surface area contributed by atoms with Gasteiger partial charge in [-0.1, -0.05) is 32.0 Å². The molecule has 0 aliphatic heterocycles. The molecule has 0 fully saturated rings. The second-order valence-corrected chi connectivity index (χ2v) is 9.81. The molecule has 0 saturated heterocycles. The molecule has 8 heteroatoms. The third kappa shape index (κ3) is 5.06. The van der Waals surface area contributed by atoms with Gasteiger partial charge < -0.3 is 9.52 Å². The van der Waals surface area contributed by atoms with Gasteiger partial charge in [0.15, 0.2) is 0 Å². The predicted octanol–water partition coefficient (Wildman–Crippen LogP) is 5.50. The number of nitrogens with one attached hydrogen (secondary N) is 1. The van der Waals surface area contributed by atoms with Crippen molar-refractivity contribution in [3.8, 4) is 0 Å². The second-order valence-electron chi connectivity index (χ2n) is 7.21. The highest BCUT2D eigenvalue weighted by atomic mass is 32.2. The summed E-state index contributed by atoms with van der Waals surface area (Å²) in [4.78, 5) is 11.8. The number of aromatic carboxylic acids is 1. The molecule has 6 nitrogen and oxygen atoms in total. The van der Waals surface area contributed by atoms with Crippen molar-refractivity contribution in [1.82, 2.24) is 0 Å². The Balaban J connectivity index is 1.83. The quantitative estimate of drug-likeness (QED) is 0.444. The van der Waals surface area contributed by atoms with Crippen LogP contribution in [-0.2, 0) is 15.8 Å². The molecule has 3 aromatic rings. The Morgan fingerprint density at radius 1 is 1.13 bits per heavy atom. The predicted molar refractivity (Wildman–Crippen MR) is 118 cm³/mol. The summed E-state index contributed by atoms with van der Waals surface area (Å²) in [7, 11) is -3.87. The van der Waals surface area contributed by atoms with Crippen molar-refractivity contribution in [3.63, 3.8) is 0 Å². The summed E-state index contributed by atoms with van der Waals surface area (Å²) in [5.41, 5.74) is 3.27. The van der Waals surface area contributed by atoms with Gasteiger partial charge in [0.2, 0.25) is 5.09 Å². The topological polar surface area (TPSA) is 96.6 Å². The monoisotopic (exact) mass is 445 g/mol. The summed E-state index contributed by atoms with van der Waals surface area (Å²) in [5, 5.41) is 8.94. The number of thioether (sulfide) groups is 1. The molecule has 0 amide bonds. The highest BCUT2D eigenvalue weighted by Crippen LogP contribution is 2.34. The van der Waals surface area contributed by atoms with Crippen molar-refractivity contribution >= 4 is 33.4 Å². The van der Waals surface area contributed by atoms with E-state index in [0.717, 1.165) is 16.0 Å². The second kappa shape index (κ2) is 8.97. The van der Waals surface area contributed by atoms with Crippen molar-refractivity contribution in [2.45, 2.75) is 42.4 Å². The van der Waals surface area contributed by atoms with Crippen molar-refractivity contribution in [2.75, 3.05) is 4.72 Å². The summed E-state index contributed by atoms with van der Waals surface area (Å²) in [5.74, 6) is -0.393. The zero-order chi connectivity index (χ0) is 21.9. The minimum Gasteiger partial charge on any atom is -0.478 e. The average Bonchev–Trinajstić information content (AvgIpc) is 3.20. The molecule has 0 atom stereocenters. The summed E-state index contributed by atoms with van der Waals surface area (Å²) in [6.45, 7) is 5.76. The van der Waals surface area contributed by atoms with Crippen LogP contribution in [0.15, 0.2) is 69.2 Å². The normalized spacial score (nSPS) is 11.6. The average molecular weight is 446 g/mol. The van der Waals surface area contributed by atoms with E-state index >= 15 is 0 Å². The molecular weight excluding hydrogens is 422 g/mol. The van der Waals surface area contributed by atoms with E-state index in [1.54, 1.807) is 36.4 Å². The SMILES string of the molecule is Cc1ccc(NS(=O)(=O)c2occc2C(C)C)c(SCc2ccc(C(=O)O)cc2)c1. The van der Waals surface area contributed by atoms with Crippen molar-refractivity contribution < 1.29 is 22.7 Å². The summed E-state index contributed by atoms with van der Waals surface area (Å²) in [6, 6.07) is 13.8. The van der Waals surface area contributed by atoms with Crippen molar-refractivity contribution in [3.05, 3.63) is 77.0 Å². The van der Waals surface area contributed by atoms with Gasteiger partial charge in [-0.15, -0.1) is 11.8 Å². The molecular formula is C22H23NO5S2. The number of hydrogen-bond acceptors (Lipinski definition) is 5. The van der Waals surface area contributed by atoms with Crippen LogP contribution in [0.3, 0.4) is 0 Å². The van der Waals surface area contributed by atoms with Gasteiger partial charge in [-0.05, 0) is 54.3 Å². The number of hydrogen-bond donors (Lipinski definition) is 2. The van der Waals surface area contributed by atoms with Crippen LogP contribution in [0.4, 0.5) is 5.69 Å². The summed E-state index contributed by atoms with van der Waals surface area (Å²) in [6.07, 6.45) is 1.38. The van der Waals surface area contributed by atoms with Crippen LogP contribution in [0, 0.1) is 6.92 Å². The van der Waals surface area contributed by atoms with Gasteiger partial charge in [-0.3, -0.25) is 4.72 Å². The van der Waals surface area contributed by atoms with Gasteiger partial charge in [-0.2, -0.15) is 8.42 Å². The highest BCUT2D eigenvalue weighted by molar-refractivity contribution is 7.98. The van der Waals surface area contributed by atoms with E-state index in [9.17, 15) is 13.2 Å². The molecule has 30 heavy (non-hydrogen) atoms. The maximum Gasteiger partial charge on any atom is 0.335 e. The van der Waals surface area contributed by atoms with E-state index in [1.807, 2.05) is 32.9 Å². The minimum atomic E-state index is -3.87. The van der Waals surface area contributed by atoms with Crippen LogP contribution in [0.25, 0.3) is 0 Å². The number of benzene rings is 2. The zero-order valence-electron chi connectivity index (χ0n) is 16.9. The Morgan fingerprint density at radius 2 is 1.83 bits per heavy atom. The maximum atomic E-state index is 12.9. The highest BCUT2D eigenvalue weighted by Gasteiger charge is 2.25. The molecule has 0 aliphatic rings. The fourth-order valence-corrected chi connectivity index (χ4v) is 5.36. The van der Waals surface area contributed by atoms with Crippen molar-refractivity contribution in [1.29, 1.82) is 0 Å². The molecule has 0 saturated carbocycles. The third-order valence-electron chi connectivity index (χ3n) is 4.50. The number of carboxylic acid groups (broad SMARTS) is 1. The molecule has 0 spiro atoms. The first kappa shape index (κ1) is 22.0. The summed E-state index contributed by atoms with van der Waals surface area (Å²) < 4.78 is 33.8. The Kier molecular flexibility index (Phi) is 6.58. The maximum absolute atomic E-state index is 12.9. The molecule has 0 bridgehead atoms. The van der Waals surface area contributed by atoms with Gasteiger partial charge >= 0.3 is 5.97 Å². The molecule has 2 aromatic carbocycles. The number of anilines is 1. The van der Waals surface area contributed by atoms with E-state index in [4.69, 9.17) is 9.52 Å². The Hall–Kier alpha value is -2.71. The summed E-state index contributed by atoms with van der Waals surface area (Å²) >= 11 is 1.47. The number of rotatable bonds is 8. The lowest BCUT2D eigenvalue weighted by atomic mass is 10.1. The van der Waals surface area contributed by atoms with Crippen LogP contribution < -0.4 is 4.72 Å². The molecule has 0 unspecified atom stereocenters. The molecule has 3 rings (SSSR count). The molecule has 0 radical (unpaired) electrons.